The van der Waals surface area contributed by atoms with E-state index >= 15 is 0 Å². The van der Waals surface area contributed by atoms with Crippen LogP contribution in [0.15, 0.2) is 48.5 Å². The number of fused-ring (bicyclic) bond motifs is 4. The molecule has 0 bridgehead atoms. The number of hydrogen-bond acceptors (Lipinski definition) is 1. The lowest BCUT2D eigenvalue weighted by Crippen LogP contribution is -2.25. The maximum atomic E-state index is 6.25. The molecular formula is C17H16O. The van der Waals surface area contributed by atoms with Crippen LogP contribution in [0, 0.1) is 5.92 Å². The van der Waals surface area contributed by atoms with Crippen LogP contribution in [0.1, 0.15) is 35.6 Å². The molecule has 18 heavy (non-hydrogen) atoms. The van der Waals surface area contributed by atoms with E-state index in [1.807, 2.05) is 0 Å². The highest BCUT2D eigenvalue weighted by molar-refractivity contribution is 5.44. The molecule has 2 aromatic rings. The summed E-state index contributed by atoms with van der Waals surface area (Å²) in [5.41, 5.74) is 4.22. The summed E-state index contributed by atoms with van der Waals surface area (Å²) in [4.78, 5) is 0. The fraction of sp³-hybridized carbons (Fsp3) is 0.294. The zero-order valence-electron chi connectivity index (χ0n) is 10.5. The molecular weight excluding hydrogens is 220 g/mol. The van der Waals surface area contributed by atoms with Gasteiger partial charge in [0.05, 0.1) is 0 Å². The lowest BCUT2D eigenvalue weighted by atomic mass is 9.81. The van der Waals surface area contributed by atoms with Crippen molar-refractivity contribution in [2.45, 2.75) is 25.4 Å². The Hall–Kier alpha value is -1.76. The van der Waals surface area contributed by atoms with Crippen molar-refractivity contribution in [2.75, 3.05) is 0 Å². The van der Waals surface area contributed by atoms with E-state index in [0.29, 0.717) is 11.8 Å². The third-order valence-corrected chi connectivity index (χ3v) is 4.51. The largest absolute Gasteiger partial charge is 0.485 e. The highest BCUT2D eigenvalue weighted by Gasteiger charge is 2.41. The fourth-order valence-corrected chi connectivity index (χ4v) is 3.51. The van der Waals surface area contributed by atoms with Gasteiger partial charge in [-0.15, -0.1) is 0 Å². The second-order valence-electron chi connectivity index (χ2n) is 5.43. The first-order chi connectivity index (χ1) is 8.84. The molecule has 90 valence electrons. The molecule has 0 saturated carbocycles. The second kappa shape index (κ2) is 3.61. The molecule has 0 saturated heterocycles. The summed E-state index contributed by atoms with van der Waals surface area (Å²) in [6.07, 6.45) is 1.40. The molecule has 1 unspecified atom stereocenters. The average molecular weight is 236 g/mol. The fourth-order valence-electron chi connectivity index (χ4n) is 3.51. The van der Waals surface area contributed by atoms with Crippen LogP contribution in [-0.4, -0.2) is 0 Å². The summed E-state index contributed by atoms with van der Waals surface area (Å²) < 4.78 is 6.25. The molecule has 3 atom stereocenters. The number of para-hydroxylation sites is 1. The topological polar surface area (TPSA) is 9.23 Å². The lowest BCUT2D eigenvalue weighted by molar-refractivity contribution is 0.111. The van der Waals surface area contributed by atoms with Gasteiger partial charge in [0.2, 0.25) is 0 Å². The zero-order chi connectivity index (χ0) is 12.1. The van der Waals surface area contributed by atoms with Crippen LogP contribution in [0.5, 0.6) is 5.75 Å². The molecule has 0 amide bonds. The summed E-state index contributed by atoms with van der Waals surface area (Å²) >= 11 is 0. The van der Waals surface area contributed by atoms with E-state index in [1.165, 1.54) is 16.7 Å². The summed E-state index contributed by atoms with van der Waals surface area (Å²) in [5, 5.41) is 0. The summed E-state index contributed by atoms with van der Waals surface area (Å²) in [6, 6.07) is 17.2. The van der Waals surface area contributed by atoms with Crippen LogP contribution in [0.3, 0.4) is 0 Å². The molecule has 0 aromatic heterocycles. The van der Waals surface area contributed by atoms with E-state index in [-0.39, 0.29) is 6.10 Å². The molecule has 0 fully saturated rings. The van der Waals surface area contributed by atoms with Gasteiger partial charge in [-0.1, -0.05) is 49.4 Å². The Morgan fingerprint density at radius 3 is 2.56 bits per heavy atom. The Morgan fingerprint density at radius 1 is 0.944 bits per heavy atom. The van der Waals surface area contributed by atoms with Gasteiger partial charge in [0.1, 0.15) is 11.9 Å². The van der Waals surface area contributed by atoms with E-state index in [4.69, 9.17) is 4.74 Å². The smallest absolute Gasteiger partial charge is 0.128 e. The first kappa shape index (κ1) is 10.2. The number of ether oxygens (including phenoxy) is 1. The van der Waals surface area contributed by atoms with Crippen molar-refractivity contribution in [3.8, 4) is 5.75 Å². The van der Waals surface area contributed by atoms with E-state index < -0.39 is 0 Å². The minimum absolute atomic E-state index is 0.256. The SMILES string of the molecule is CC1c2ccccc2O[C@H]2c3ccccc3C[C@@H]12. The van der Waals surface area contributed by atoms with Crippen molar-refractivity contribution < 1.29 is 4.74 Å². The molecule has 0 spiro atoms. The molecule has 1 heterocycles. The van der Waals surface area contributed by atoms with Crippen molar-refractivity contribution in [2.24, 2.45) is 5.92 Å². The van der Waals surface area contributed by atoms with E-state index in [1.54, 1.807) is 0 Å². The predicted octanol–water partition coefficient (Wildman–Crippen LogP) is 4.10. The first-order valence-electron chi connectivity index (χ1n) is 6.68. The third-order valence-electron chi connectivity index (χ3n) is 4.51. The van der Waals surface area contributed by atoms with Gasteiger partial charge >= 0.3 is 0 Å². The highest BCUT2D eigenvalue weighted by Crippen LogP contribution is 2.51. The van der Waals surface area contributed by atoms with Crippen molar-refractivity contribution in [3.05, 3.63) is 65.2 Å². The monoisotopic (exact) mass is 236 g/mol. The summed E-state index contributed by atoms with van der Waals surface area (Å²) in [6.45, 7) is 2.34. The van der Waals surface area contributed by atoms with Gasteiger partial charge in [-0.3, -0.25) is 0 Å². The molecule has 1 heteroatoms. The first-order valence-corrected chi connectivity index (χ1v) is 6.68. The Bertz CT molecular complexity index is 602. The van der Waals surface area contributed by atoms with Crippen LogP contribution < -0.4 is 4.74 Å². The van der Waals surface area contributed by atoms with Crippen molar-refractivity contribution in [3.63, 3.8) is 0 Å². The van der Waals surface area contributed by atoms with Crippen LogP contribution >= 0.6 is 0 Å². The van der Waals surface area contributed by atoms with Crippen LogP contribution in [0.2, 0.25) is 0 Å². The Kier molecular flexibility index (Phi) is 2.05. The Labute approximate surface area is 107 Å². The quantitative estimate of drug-likeness (QED) is 0.669. The van der Waals surface area contributed by atoms with E-state index in [0.717, 1.165) is 12.2 Å². The van der Waals surface area contributed by atoms with Crippen molar-refractivity contribution >= 4 is 0 Å². The minimum atomic E-state index is 0.256. The van der Waals surface area contributed by atoms with Crippen LogP contribution in [-0.2, 0) is 6.42 Å². The normalized spacial score (nSPS) is 27.9. The summed E-state index contributed by atoms with van der Waals surface area (Å²) in [7, 11) is 0. The molecule has 1 nitrogen and oxygen atoms in total. The molecule has 2 aromatic carbocycles. The Morgan fingerprint density at radius 2 is 1.67 bits per heavy atom. The van der Waals surface area contributed by atoms with Crippen molar-refractivity contribution in [1.29, 1.82) is 0 Å². The van der Waals surface area contributed by atoms with Gasteiger partial charge < -0.3 is 4.74 Å². The van der Waals surface area contributed by atoms with Gasteiger partial charge in [0, 0.05) is 5.92 Å². The van der Waals surface area contributed by atoms with Gasteiger partial charge in [-0.25, -0.2) is 0 Å². The number of rotatable bonds is 0. The maximum absolute atomic E-state index is 6.25. The molecule has 4 rings (SSSR count). The lowest BCUT2D eigenvalue weighted by Gasteiger charge is -2.34. The highest BCUT2D eigenvalue weighted by atomic mass is 16.5. The van der Waals surface area contributed by atoms with E-state index in [9.17, 15) is 0 Å². The van der Waals surface area contributed by atoms with E-state index in [2.05, 4.69) is 55.5 Å². The number of hydrogen-bond donors (Lipinski definition) is 0. The molecule has 2 aliphatic rings. The van der Waals surface area contributed by atoms with Crippen molar-refractivity contribution in [1.82, 2.24) is 0 Å². The summed E-state index contributed by atoms with van der Waals surface area (Å²) in [5.74, 6) is 2.24. The molecule has 0 N–H and O–H groups in total. The molecule has 1 aliphatic carbocycles. The molecule has 1 aliphatic heterocycles. The zero-order valence-corrected chi connectivity index (χ0v) is 10.5. The van der Waals surface area contributed by atoms with Crippen LogP contribution in [0.25, 0.3) is 0 Å². The molecule has 0 radical (unpaired) electrons. The average Bonchev–Trinajstić information content (AvgIpc) is 2.79. The second-order valence-corrected chi connectivity index (χ2v) is 5.43. The standard InChI is InChI=1S/C17H16O/c1-11-13-7-4-5-9-16(13)18-17-14-8-3-2-6-12(14)10-15(11)17/h2-9,11,15,17H,10H2,1H3/t11?,15-,17-/m0/s1. The van der Waals surface area contributed by atoms with Gasteiger partial charge in [0.25, 0.3) is 0 Å². The van der Waals surface area contributed by atoms with Gasteiger partial charge in [-0.2, -0.15) is 0 Å². The Balaban J connectivity index is 1.84. The maximum Gasteiger partial charge on any atom is 0.128 e. The van der Waals surface area contributed by atoms with Gasteiger partial charge in [0.15, 0.2) is 0 Å². The van der Waals surface area contributed by atoms with Crippen LogP contribution in [0.4, 0.5) is 0 Å². The minimum Gasteiger partial charge on any atom is -0.485 e. The predicted molar refractivity (Wildman–Crippen MR) is 71.9 cm³/mol. The number of benzene rings is 2. The van der Waals surface area contributed by atoms with Gasteiger partial charge in [-0.05, 0) is 35.1 Å². The third kappa shape index (κ3) is 1.28.